The lowest BCUT2D eigenvalue weighted by Crippen LogP contribution is -2.29. The number of carboxylic acid groups (broad SMARTS) is 2. The van der Waals surface area contributed by atoms with E-state index in [9.17, 15) is 47.5 Å². The fourth-order valence-corrected chi connectivity index (χ4v) is 10.4. The van der Waals surface area contributed by atoms with Crippen molar-refractivity contribution in [1.29, 1.82) is 0 Å². The highest BCUT2D eigenvalue weighted by Crippen LogP contribution is 2.52. The molecule has 3 unspecified atom stereocenters. The molecule has 2 heterocycles. The van der Waals surface area contributed by atoms with Gasteiger partial charge in [0, 0.05) is 69.7 Å². The number of rotatable bonds is 12. The lowest BCUT2D eigenvalue weighted by Gasteiger charge is -2.35. The molecule has 0 saturated heterocycles. The highest BCUT2D eigenvalue weighted by molar-refractivity contribution is 7.85. The van der Waals surface area contributed by atoms with E-state index in [4.69, 9.17) is 9.15 Å². The molecule has 0 spiro atoms. The normalized spacial score (nSPS) is 19.2. The van der Waals surface area contributed by atoms with Crippen LogP contribution in [0.1, 0.15) is 98.2 Å². The summed E-state index contributed by atoms with van der Waals surface area (Å²) < 4.78 is 50.0. The zero-order chi connectivity index (χ0) is 50.6. The number of benzene rings is 4. The number of carboxylic acids is 2. The lowest BCUT2D eigenvalue weighted by molar-refractivity contribution is -0.519. The number of carbonyl (C=O) groups excluding carboxylic acids is 1. The van der Waals surface area contributed by atoms with Crippen LogP contribution >= 0.6 is 0 Å². The second-order valence-corrected chi connectivity index (χ2v) is 20.7. The number of fused-ring (bicyclic) bond motifs is 4. The molecule has 0 saturated carbocycles. The molecule has 70 heavy (non-hydrogen) atoms. The van der Waals surface area contributed by atoms with Crippen molar-refractivity contribution in [3.8, 4) is 28.2 Å². The van der Waals surface area contributed by atoms with E-state index in [1.165, 1.54) is 54.6 Å². The maximum atomic E-state index is 14.3. The largest absolute Gasteiger partial charge is 0.507 e. The van der Waals surface area contributed by atoms with Gasteiger partial charge in [-0.25, -0.2) is 14.2 Å². The first kappa shape index (κ1) is 49.1. The van der Waals surface area contributed by atoms with Crippen LogP contribution in [0.15, 0.2) is 140 Å². The Kier molecular flexibility index (Phi) is 13.0. The molecule has 3 aromatic rings. The third-order valence-corrected chi connectivity index (χ3v) is 14.4. The van der Waals surface area contributed by atoms with Crippen molar-refractivity contribution in [1.82, 2.24) is 5.32 Å². The number of nitrogens with one attached hydrogen (secondary N) is 1. The summed E-state index contributed by atoms with van der Waals surface area (Å²) in [5.74, 6) is -2.39. The van der Waals surface area contributed by atoms with Gasteiger partial charge in [-0.1, -0.05) is 76.6 Å². The fraction of sp³-hybridized carbons (Fsp3) is 0.291. The first-order valence-corrected chi connectivity index (χ1v) is 24.5. The van der Waals surface area contributed by atoms with Gasteiger partial charge in [0.05, 0.1) is 28.1 Å². The molecule has 15 heteroatoms. The second kappa shape index (κ2) is 18.5. The highest BCUT2D eigenvalue weighted by Gasteiger charge is 2.43. The number of aromatic hydroxyl groups is 1. The molecule has 3 aromatic carbocycles. The van der Waals surface area contributed by atoms with Gasteiger partial charge < -0.3 is 29.8 Å². The maximum Gasteiger partial charge on any atom is 0.336 e. The zero-order valence-corrected chi connectivity index (χ0v) is 40.7. The second-order valence-electron chi connectivity index (χ2n) is 19.3. The van der Waals surface area contributed by atoms with Crippen molar-refractivity contribution < 1.29 is 56.4 Å². The molecule has 0 fully saturated rings. The van der Waals surface area contributed by atoms with Gasteiger partial charge in [-0.3, -0.25) is 14.1 Å². The number of aromatic carboxylic acids is 2. The molecule has 0 aromatic heterocycles. The molecule has 362 valence electrons. The molecule has 14 nitrogen and oxygen atoms in total. The Balaban J connectivity index is 1.16. The Bertz CT molecular complexity index is 3350. The van der Waals surface area contributed by atoms with Crippen LogP contribution in [0.5, 0.6) is 5.75 Å². The number of ether oxygens (including phenoxy) is 1. The lowest BCUT2D eigenvalue weighted by atomic mass is 9.79. The molecule has 2 aliphatic heterocycles. The van der Waals surface area contributed by atoms with Crippen molar-refractivity contribution in [2.45, 2.75) is 77.7 Å². The Hall–Kier alpha value is -7.36. The van der Waals surface area contributed by atoms with Crippen LogP contribution in [0.4, 0.5) is 0 Å². The van der Waals surface area contributed by atoms with Gasteiger partial charge in [-0.05, 0) is 85.1 Å². The van der Waals surface area contributed by atoms with Crippen molar-refractivity contribution in [3.05, 3.63) is 164 Å². The first-order valence-electron chi connectivity index (χ1n) is 23.0. The number of hydrogen-bond donors (Lipinski definition) is 5. The minimum Gasteiger partial charge on any atom is -0.507 e. The number of nitrogens with zero attached hydrogens (tertiary/aromatic N) is 1. The van der Waals surface area contributed by atoms with Crippen molar-refractivity contribution in [3.63, 3.8) is 0 Å². The van der Waals surface area contributed by atoms with Crippen LogP contribution in [0.25, 0.3) is 33.4 Å². The van der Waals surface area contributed by atoms with Gasteiger partial charge in [0.1, 0.15) is 41.7 Å². The zero-order valence-electron chi connectivity index (χ0n) is 39.9. The summed E-state index contributed by atoms with van der Waals surface area (Å²) in [6, 6.07) is 14.9. The predicted molar refractivity (Wildman–Crippen MR) is 265 cm³/mol. The summed E-state index contributed by atoms with van der Waals surface area (Å²) in [4.78, 5) is 51.1. The van der Waals surface area contributed by atoms with Crippen molar-refractivity contribution >= 4 is 44.6 Å². The van der Waals surface area contributed by atoms with Crippen molar-refractivity contribution in [2.75, 3.05) is 13.1 Å². The third kappa shape index (κ3) is 9.26. The summed E-state index contributed by atoms with van der Waals surface area (Å²) in [7, 11) is -4.57. The molecule has 3 atom stereocenters. The predicted octanol–water partition coefficient (Wildman–Crippen LogP) is 9.62. The van der Waals surface area contributed by atoms with E-state index in [1.807, 2.05) is 26.0 Å². The minimum absolute atomic E-state index is 0.0487. The average molecular weight is 968 g/mol. The number of carbonyl (C=O) groups is 3. The van der Waals surface area contributed by atoms with E-state index in [2.05, 4.69) is 74.9 Å². The molecule has 0 radical (unpaired) electrons. The summed E-state index contributed by atoms with van der Waals surface area (Å²) in [6.07, 6.45) is 14.5. The molecule has 1 amide bonds. The fourth-order valence-electron chi connectivity index (χ4n) is 9.89. The van der Waals surface area contributed by atoms with E-state index in [0.717, 1.165) is 42.0 Å². The van der Waals surface area contributed by atoms with Crippen LogP contribution in [-0.4, -0.2) is 69.5 Å². The molecule has 0 bridgehead atoms. The number of amides is 1. The Morgan fingerprint density at radius 3 is 2.33 bits per heavy atom. The molecule has 8 rings (SSSR count). The van der Waals surface area contributed by atoms with Crippen LogP contribution in [0, 0.1) is 17.3 Å². The number of hydrogen-bond acceptors (Lipinski definition) is 9. The topological polar surface area (TPSA) is 221 Å². The van der Waals surface area contributed by atoms with Crippen molar-refractivity contribution in [2.24, 2.45) is 17.3 Å². The minimum atomic E-state index is -4.57. The molecule has 3 aliphatic carbocycles. The number of phenols is 1. The summed E-state index contributed by atoms with van der Waals surface area (Å²) in [5.41, 5.74) is 2.11. The van der Waals surface area contributed by atoms with Gasteiger partial charge in [-0.15, -0.1) is 0 Å². The smallest absolute Gasteiger partial charge is 0.336 e. The van der Waals surface area contributed by atoms with E-state index < -0.39 is 44.7 Å². The molecule has 5 N–H and O–H groups in total. The highest BCUT2D eigenvalue weighted by atomic mass is 32.2. The Labute approximate surface area is 405 Å². The van der Waals surface area contributed by atoms with Crippen LogP contribution in [0.2, 0.25) is 0 Å². The summed E-state index contributed by atoms with van der Waals surface area (Å²) >= 11 is 0. The summed E-state index contributed by atoms with van der Waals surface area (Å²) in [5, 5.41) is 34.5. The van der Waals surface area contributed by atoms with Gasteiger partial charge in [0.15, 0.2) is 5.43 Å². The SMILES string of the molecule is CC[N+](CC)=C1C=CC2C(=C1)OC(C(C)(C)C)=CC2/C=C/C=C1/C(CC(=O)NCc2c(O)ccc3c(-c4ccc(C(=O)O)cc4C(=O)O)c4ccc(=O)cc-4oc23)c2ccc(S(=O)(=O)O)cc2C1(C)C. The monoisotopic (exact) mass is 967 g/mol. The van der Waals surface area contributed by atoms with E-state index >= 15 is 0 Å². The quantitative estimate of drug-likeness (QED) is 0.0448. The van der Waals surface area contributed by atoms with Crippen LogP contribution in [-0.2, 0) is 31.6 Å². The first-order chi connectivity index (χ1) is 33.0. The van der Waals surface area contributed by atoms with Gasteiger partial charge >= 0.3 is 11.9 Å². The van der Waals surface area contributed by atoms with Crippen LogP contribution < -0.4 is 10.7 Å². The Morgan fingerprint density at radius 1 is 0.929 bits per heavy atom. The van der Waals surface area contributed by atoms with E-state index in [0.29, 0.717) is 27.6 Å². The Morgan fingerprint density at radius 2 is 1.66 bits per heavy atom. The average Bonchev–Trinajstić information content (AvgIpc) is 3.50. The molecular formula is C55H55N2O12S+. The number of allylic oxidation sites excluding steroid dienone is 9. The number of phenolic OH excluding ortho intramolecular Hbond substituents is 1. The maximum absolute atomic E-state index is 14.3. The van der Waals surface area contributed by atoms with Gasteiger partial charge in [0.2, 0.25) is 11.6 Å². The van der Waals surface area contributed by atoms with Gasteiger partial charge in [0.25, 0.3) is 10.1 Å². The summed E-state index contributed by atoms with van der Waals surface area (Å²) in [6.45, 7) is 15.8. The molecule has 5 aliphatic rings. The van der Waals surface area contributed by atoms with Crippen LogP contribution in [0.3, 0.4) is 0 Å². The van der Waals surface area contributed by atoms with E-state index in [1.54, 1.807) is 6.07 Å². The molecular weight excluding hydrogens is 913 g/mol. The van der Waals surface area contributed by atoms with E-state index in [-0.39, 0.29) is 74.5 Å². The standard InChI is InChI=1S/C55H54N2O12S/c1-8-57(9-2)32-14-18-35-30(24-48(54(3,4)5)68-46(35)25-32)11-10-12-43-40(36-20-16-34(70(65,66)67)27-44(36)55(43,6)7)28-49(60)56-29-42-45(59)22-21-39-50(38-19-15-33(58)26-47(38)69-51(39)42)37-17-13-31(52(61)62)23-41(37)53(63)64/h10-27,30,35,40H,8-9,28-29H2,1-7H3,(H4-,56,58,59,60,61,62,63,64,65,66,67)/p+1/b11-10+,43-12-. The van der Waals surface area contributed by atoms with Gasteiger partial charge in [-0.2, -0.15) is 8.42 Å². The third-order valence-electron chi connectivity index (χ3n) is 13.6.